The van der Waals surface area contributed by atoms with E-state index in [9.17, 15) is 4.79 Å². The minimum Gasteiger partial charge on any atom is -0.490 e. The molecule has 0 atom stereocenters. The first-order chi connectivity index (χ1) is 8.83. The van der Waals surface area contributed by atoms with Gasteiger partial charge in [0.25, 0.3) is 0 Å². The van der Waals surface area contributed by atoms with Crippen LogP contribution in [0, 0.1) is 0 Å². The Morgan fingerprint density at radius 3 is 2.39 bits per heavy atom. The number of hydrogen-bond donors (Lipinski definition) is 0. The Morgan fingerprint density at radius 2 is 1.78 bits per heavy atom. The first-order valence-corrected chi connectivity index (χ1v) is 6.90. The van der Waals surface area contributed by atoms with Crippen molar-refractivity contribution in [1.29, 1.82) is 0 Å². The highest BCUT2D eigenvalue weighted by atomic mass is 16.5. The molecule has 3 heteroatoms. The maximum atomic E-state index is 11.6. The number of hydrogen-bond acceptors (Lipinski definition) is 2. The van der Waals surface area contributed by atoms with Crippen LogP contribution in [0.5, 0.6) is 5.75 Å². The average molecular weight is 245 g/mol. The highest BCUT2D eigenvalue weighted by Crippen LogP contribution is 2.27. The fourth-order valence-electron chi connectivity index (χ4n) is 2.82. The lowest BCUT2D eigenvalue weighted by Crippen LogP contribution is -2.23. The van der Waals surface area contributed by atoms with Gasteiger partial charge in [-0.05, 0) is 56.4 Å². The molecule has 3 rings (SSSR count). The van der Waals surface area contributed by atoms with Crippen molar-refractivity contribution in [2.24, 2.45) is 0 Å². The number of nitrogens with zero attached hydrogens (tertiary/aromatic N) is 1. The van der Waals surface area contributed by atoms with Crippen LogP contribution in [0.25, 0.3) is 0 Å². The van der Waals surface area contributed by atoms with Gasteiger partial charge < -0.3 is 9.64 Å². The second-order valence-corrected chi connectivity index (χ2v) is 5.17. The number of carbonyl (C=O) groups excluding carboxylic acids is 1. The quantitative estimate of drug-likeness (QED) is 0.818. The van der Waals surface area contributed by atoms with Gasteiger partial charge in [0.15, 0.2) is 0 Å². The molecule has 1 amide bonds. The Morgan fingerprint density at radius 1 is 1.06 bits per heavy atom. The van der Waals surface area contributed by atoms with Gasteiger partial charge in [-0.1, -0.05) is 0 Å². The van der Waals surface area contributed by atoms with E-state index in [0.717, 1.165) is 24.4 Å². The maximum Gasteiger partial charge on any atom is 0.227 e. The summed E-state index contributed by atoms with van der Waals surface area (Å²) < 4.78 is 5.92. The molecule has 1 aliphatic heterocycles. The van der Waals surface area contributed by atoms with Crippen molar-refractivity contribution in [3.63, 3.8) is 0 Å². The van der Waals surface area contributed by atoms with Crippen LogP contribution >= 0.6 is 0 Å². The minimum absolute atomic E-state index is 0.236. The van der Waals surface area contributed by atoms with E-state index >= 15 is 0 Å². The van der Waals surface area contributed by atoms with Crippen molar-refractivity contribution in [3.05, 3.63) is 24.3 Å². The molecule has 2 fully saturated rings. The molecular formula is C15H19NO2. The lowest BCUT2D eigenvalue weighted by atomic mass is 10.2. The number of benzene rings is 1. The van der Waals surface area contributed by atoms with Crippen molar-refractivity contribution in [2.45, 2.75) is 44.6 Å². The summed E-state index contributed by atoms with van der Waals surface area (Å²) in [5, 5.41) is 0. The Balaban J connectivity index is 1.66. The summed E-state index contributed by atoms with van der Waals surface area (Å²) in [6, 6.07) is 7.96. The molecule has 0 bridgehead atoms. The SMILES string of the molecule is O=C1CCCN1c1ccc(OC2CCCC2)cc1. The lowest BCUT2D eigenvalue weighted by Gasteiger charge is -2.17. The summed E-state index contributed by atoms with van der Waals surface area (Å²) in [5.74, 6) is 1.16. The molecule has 0 radical (unpaired) electrons. The molecule has 18 heavy (non-hydrogen) atoms. The van der Waals surface area contributed by atoms with Gasteiger partial charge in [-0.3, -0.25) is 4.79 Å². The zero-order chi connectivity index (χ0) is 12.4. The second-order valence-electron chi connectivity index (χ2n) is 5.17. The predicted octanol–water partition coefficient (Wildman–Crippen LogP) is 3.13. The van der Waals surface area contributed by atoms with Gasteiger partial charge in [0.05, 0.1) is 6.10 Å². The van der Waals surface area contributed by atoms with Crippen LogP contribution in [-0.4, -0.2) is 18.6 Å². The molecule has 1 saturated heterocycles. The van der Waals surface area contributed by atoms with Gasteiger partial charge in [0, 0.05) is 18.7 Å². The largest absolute Gasteiger partial charge is 0.490 e. The molecule has 2 aliphatic rings. The van der Waals surface area contributed by atoms with Crippen LogP contribution in [0.1, 0.15) is 38.5 Å². The van der Waals surface area contributed by atoms with Gasteiger partial charge in [-0.15, -0.1) is 0 Å². The van der Waals surface area contributed by atoms with Crippen molar-refractivity contribution in [1.82, 2.24) is 0 Å². The summed E-state index contributed by atoms with van der Waals surface area (Å²) in [5.41, 5.74) is 0.997. The zero-order valence-corrected chi connectivity index (χ0v) is 10.6. The van der Waals surface area contributed by atoms with E-state index in [-0.39, 0.29) is 5.91 Å². The first kappa shape index (κ1) is 11.6. The Hall–Kier alpha value is -1.51. The van der Waals surface area contributed by atoms with Gasteiger partial charge in [0.2, 0.25) is 5.91 Å². The van der Waals surface area contributed by atoms with Gasteiger partial charge >= 0.3 is 0 Å². The van der Waals surface area contributed by atoms with Crippen LogP contribution in [0.15, 0.2) is 24.3 Å². The Bertz CT molecular complexity index is 421. The molecular weight excluding hydrogens is 226 g/mol. The Labute approximate surface area is 108 Å². The third-order valence-electron chi connectivity index (χ3n) is 3.83. The summed E-state index contributed by atoms with van der Waals surface area (Å²) in [6.07, 6.45) is 6.96. The summed E-state index contributed by atoms with van der Waals surface area (Å²) in [4.78, 5) is 13.5. The van der Waals surface area contributed by atoms with Crippen molar-refractivity contribution in [3.8, 4) is 5.75 Å². The molecule has 1 heterocycles. The zero-order valence-electron chi connectivity index (χ0n) is 10.6. The monoisotopic (exact) mass is 245 g/mol. The van der Waals surface area contributed by atoms with Crippen LogP contribution in [-0.2, 0) is 4.79 Å². The molecule has 3 nitrogen and oxygen atoms in total. The third-order valence-corrected chi connectivity index (χ3v) is 3.83. The van der Waals surface area contributed by atoms with Crippen molar-refractivity contribution in [2.75, 3.05) is 11.4 Å². The number of carbonyl (C=O) groups is 1. The van der Waals surface area contributed by atoms with E-state index in [1.54, 1.807) is 0 Å². The van der Waals surface area contributed by atoms with Gasteiger partial charge in [-0.25, -0.2) is 0 Å². The second kappa shape index (κ2) is 5.01. The maximum absolute atomic E-state index is 11.6. The van der Waals surface area contributed by atoms with Gasteiger partial charge in [0.1, 0.15) is 5.75 Å². The van der Waals surface area contributed by atoms with Crippen molar-refractivity contribution >= 4 is 11.6 Å². The van der Waals surface area contributed by atoms with E-state index < -0.39 is 0 Å². The predicted molar refractivity (Wildman–Crippen MR) is 70.9 cm³/mol. The number of anilines is 1. The van der Waals surface area contributed by atoms with Crippen LogP contribution in [0.2, 0.25) is 0 Å². The summed E-state index contributed by atoms with van der Waals surface area (Å²) in [6.45, 7) is 0.849. The molecule has 1 saturated carbocycles. The molecule has 1 aliphatic carbocycles. The smallest absolute Gasteiger partial charge is 0.227 e. The number of ether oxygens (including phenoxy) is 1. The summed E-state index contributed by atoms with van der Waals surface area (Å²) >= 11 is 0. The molecule has 0 N–H and O–H groups in total. The van der Waals surface area contributed by atoms with Gasteiger partial charge in [-0.2, -0.15) is 0 Å². The van der Waals surface area contributed by atoms with E-state index in [4.69, 9.17) is 4.74 Å². The number of rotatable bonds is 3. The molecule has 1 aromatic carbocycles. The third kappa shape index (κ3) is 2.35. The normalized spacial score (nSPS) is 20.7. The highest BCUT2D eigenvalue weighted by molar-refractivity contribution is 5.95. The lowest BCUT2D eigenvalue weighted by molar-refractivity contribution is -0.117. The minimum atomic E-state index is 0.236. The van der Waals surface area contributed by atoms with Crippen LogP contribution in [0.3, 0.4) is 0 Å². The Kier molecular flexibility index (Phi) is 3.22. The first-order valence-electron chi connectivity index (χ1n) is 6.90. The van der Waals surface area contributed by atoms with Crippen molar-refractivity contribution < 1.29 is 9.53 Å². The molecule has 1 aromatic rings. The fourth-order valence-corrected chi connectivity index (χ4v) is 2.82. The standard InChI is InChI=1S/C15H19NO2/c17-15-6-3-11-16(15)12-7-9-14(10-8-12)18-13-4-1-2-5-13/h7-10,13H,1-6,11H2. The topological polar surface area (TPSA) is 29.5 Å². The van der Waals surface area contributed by atoms with Crippen LogP contribution < -0.4 is 9.64 Å². The highest BCUT2D eigenvalue weighted by Gasteiger charge is 2.21. The fraction of sp³-hybridized carbons (Fsp3) is 0.533. The van der Waals surface area contributed by atoms with E-state index in [1.165, 1.54) is 25.7 Å². The number of amides is 1. The van der Waals surface area contributed by atoms with E-state index in [0.29, 0.717) is 12.5 Å². The molecule has 0 aromatic heterocycles. The van der Waals surface area contributed by atoms with Crippen LogP contribution in [0.4, 0.5) is 5.69 Å². The summed E-state index contributed by atoms with van der Waals surface area (Å²) in [7, 11) is 0. The van der Waals surface area contributed by atoms with E-state index in [2.05, 4.69) is 0 Å². The molecule has 0 unspecified atom stereocenters. The molecule has 0 spiro atoms. The van der Waals surface area contributed by atoms with E-state index in [1.807, 2.05) is 29.2 Å². The average Bonchev–Trinajstić information content (AvgIpc) is 3.02. The molecule has 96 valence electrons.